The molecule has 6 heteroatoms. The predicted molar refractivity (Wildman–Crippen MR) is 87.7 cm³/mol. The number of hydrogen-bond donors (Lipinski definition) is 4. The number of carboxylic acids is 1. The van der Waals surface area contributed by atoms with Crippen LogP contribution in [0.25, 0.3) is 0 Å². The van der Waals surface area contributed by atoms with Crippen molar-refractivity contribution in [2.24, 2.45) is 11.8 Å². The van der Waals surface area contributed by atoms with Gasteiger partial charge in [0.25, 0.3) is 0 Å². The predicted octanol–water partition coefficient (Wildman–Crippen LogP) is 1.12. The van der Waals surface area contributed by atoms with Gasteiger partial charge in [-0.3, -0.25) is 4.79 Å². The molecule has 4 N–H and O–H groups in total. The first-order chi connectivity index (χ1) is 11.4. The molecule has 1 aromatic rings. The lowest BCUT2D eigenvalue weighted by molar-refractivity contribution is -0.139. The Balaban J connectivity index is 1.91. The Labute approximate surface area is 141 Å². The molecule has 2 rings (SSSR count). The second kappa shape index (κ2) is 8.28. The molecule has 0 unspecified atom stereocenters. The van der Waals surface area contributed by atoms with Crippen molar-refractivity contribution in [2.75, 3.05) is 6.61 Å². The maximum atomic E-state index is 10.9. The summed E-state index contributed by atoms with van der Waals surface area (Å²) in [4.78, 5) is 10.9. The van der Waals surface area contributed by atoms with E-state index in [0.29, 0.717) is 5.75 Å². The molecule has 24 heavy (non-hydrogen) atoms. The fourth-order valence-corrected chi connectivity index (χ4v) is 3.06. The van der Waals surface area contributed by atoms with Crippen LogP contribution in [0.1, 0.15) is 18.4 Å². The van der Waals surface area contributed by atoms with Crippen molar-refractivity contribution in [1.29, 1.82) is 0 Å². The Morgan fingerprint density at radius 2 is 2.12 bits per heavy atom. The summed E-state index contributed by atoms with van der Waals surface area (Å²) in [5.41, 5.74) is 1.05. The molecule has 0 bridgehead atoms. The van der Waals surface area contributed by atoms with E-state index >= 15 is 0 Å². The van der Waals surface area contributed by atoms with Crippen LogP contribution in [0.3, 0.4) is 0 Å². The van der Waals surface area contributed by atoms with Gasteiger partial charge in [0.1, 0.15) is 18.5 Å². The Morgan fingerprint density at radius 3 is 2.79 bits per heavy atom. The Bertz CT molecular complexity index is 585. The topological polar surface area (TPSA) is 107 Å². The highest BCUT2D eigenvalue weighted by molar-refractivity contribution is 5.67. The van der Waals surface area contributed by atoms with Gasteiger partial charge in [-0.2, -0.15) is 0 Å². The monoisotopic (exact) mass is 336 g/mol. The standard InChI is InChI=1S/C18H24O6/c1-11-3-2-4-13(7-11)24-10-12(19)5-6-14-15(8-18(22)23)17(21)9-16(14)20/h2-7,12,14-17,19-21H,8-10H2,1H3,(H,22,23)/b6-5+/t12-,14+,15+,16+,17-/m0/s1. The highest BCUT2D eigenvalue weighted by atomic mass is 16.5. The SMILES string of the molecule is Cc1cccc(OC[C@@H](O)/C=C/[C@@H]2[C@@H](CC(=O)O)[C@@H](O)C[C@H]2O)c1. The average Bonchev–Trinajstić information content (AvgIpc) is 2.76. The van der Waals surface area contributed by atoms with Crippen LogP contribution in [0.4, 0.5) is 0 Å². The molecule has 5 atom stereocenters. The van der Waals surface area contributed by atoms with Crippen molar-refractivity contribution in [3.8, 4) is 5.75 Å². The fraction of sp³-hybridized carbons (Fsp3) is 0.500. The molecule has 6 nitrogen and oxygen atoms in total. The number of aliphatic hydroxyl groups is 3. The number of benzene rings is 1. The van der Waals surface area contributed by atoms with E-state index < -0.39 is 36.1 Å². The first-order valence-electron chi connectivity index (χ1n) is 8.00. The first-order valence-corrected chi connectivity index (χ1v) is 8.00. The average molecular weight is 336 g/mol. The van der Waals surface area contributed by atoms with E-state index in [1.54, 1.807) is 12.1 Å². The number of ether oxygens (including phenoxy) is 1. The summed E-state index contributed by atoms with van der Waals surface area (Å²) < 4.78 is 5.50. The molecule has 0 aliphatic heterocycles. The molecule has 0 amide bonds. The van der Waals surface area contributed by atoms with Crippen molar-refractivity contribution < 1.29 is 30.0 Å². The normalized spacial score (nSPS) is 28.2. The van der Waals surface area contributed by atoms with E-state index in [9.17, 15) is 20.1 Å². The summed E-state index contributed by atoms with van der Waals surface area (Å²) in [5, 5.41) is 38.8. The summed E-state index contributed by atoms with van der Waals surface area (Å²) in [6.45, 7) is 1.99. The van der Waals surface area contributed by atoms with Gasteiger partial charge >= 0.3 is 5.97 Å². The second-order valence-corrected chi connectivity index (χ2v) is 6.29. The lowest BCUT2D eigenvalue weighted by atomic mass is 9.90. The minimum absolute atomic E-state index is 0.0505. The van der Waals surface area contributed by atoms with Gasteiger partial charge in [0.15, 0.2) is 0 Å². The van der Waals surface area contributed by atoms with Crippen molar-refractivity contribution in [2.45, 2.75) is 38.1 Å². The third kappa shape index (κ3) is 5.06. The molecular formula is C18H24O6. The van der Waals surface area contributed by atoms with Crippen molar-refractivity contribution >= 4 is 5.97 Å². The van der Waals surface area contributed by atoms with Crippen LogP contribution in [0.5, 0.6) is 5.75 Å². The van der Waals surface area contributed by atoms with Crippen LogP contribution >= 0.6 is 0 Å². The highest BCUT2D eigenvalue weighted by Crippen LogP contribution is 2.36. The minimum Gasteiger partial charge on any atom is -0.491 e. The quantitative estimate of drug-likeness (QED) is 0.556. The maximum Gasteiger partial charge on any atom is 0.303 e. The molecule has 1 aliphatic rings. The van der Waals surface area contributed by atoms with Gasteiger partial charge < -0.3 is 25.2 Å². The number of aryl methyl sites for hydroxylation is 1. The molecule has 1 saturated carbocycles. The highest BCUT2D eigenvalue weighted by Gasteiger charge is 2.41. The summed E-state index contributed by atoms with van der Waals surface area (Å²) >= 11 is 0. The van der Waals surface area contributed by atoms with E-state index in [0.717, 1.165) is 5.56 Å². The van der Waals surface area contributed by atoms with Crippen LogP contribution in [-0.4, -0.2) is 51.3 Å². The number of aliphatic hydroxyl groups excluding tert-OH is 3. The van der Waals surface area contributed by atoms with E-state index in [1.807, 2.05) is 25.1 Å². The lowest BCUT2D eigenvalue weighted by Crippen LogP contribution is -2.24. The van der Waals surface area contributed by atoms with Crippen LogP contribution in [0.15, 0.2) is 36.4 Å². The zero-order chi connectivity index (χ0) is 17.7. The molecule has 132 valence electrons. The van der Waals surface area contributed by atoms with Crippen molar-refractivity contribution in [3.63, 3.8) is 0 Å². The number of carbonyl (C=O) groups is 1. The Kier molecular flexibility index (Phi) is 6.36. The van der Waals surface area contributed by atoms with Crippen LogP contribution < -0.4 is 4.74 Å². The number of aliphatic carboxylic acids is 1. The van der Waals surface area contributed by atoms with Crippen molar-refractivity contribution in [3.05, 3.63) is 42.0 Å². The van der Waals surface area contributed by atoms with E-state index in [-0.39, 0.29) is 19.4 Å². The number of hydrogen-bond acceptors (Lipinski definition) is 5. The molecule has 1 fully saturated rings. The molecule has 0 heterocycles. The van der Waals surface area contributed by atoms with Gasteiger partial charge in [-0.05, 0) is 24.6 Å². The third-order valence-corrected chi connectivity index (χ3v) is 4.29. The zero-order valence-electron chi connectivity index (χ0n) is 13.6. The molecule has 0 saturated heterocycles. The summed E-state index contributed by atoms with van der Waals surface area (Å²) in [6.07, 6.45) is 0.430. The van der Waals surface area contributed by atoms with Gasteiger partial charge in [0.2, 0.25) is 0 Å². The second-order valence-electron chi connectivity index (χ2n) is 6.29. The first kappa shape index (κ1) is 18.4. The maximum absolute atomic E-state index is 10.9. The van der Waals surface area contributed by atoms with Gasteiger partial charge in [0, 0.05) is 18.3 Å². The smallest absolute Gasteiger partial charge is 0.303 e. The van der Waals surface area contributed by atoms with E-state index in [2.05, 4.69) is 0 Å². The largest absolute Gasteiger partial charge is 0.491 e. The lowest BCUT2D eigenvalue weighted by Gasteiger charge is -2.19. The van der Waals surface area contributed by atoms with Crippen LogP contribution in [0, 0.1) is 18.8 Å². The molecule has 0 aromatic heterocycles. The van der Waals surface area contributed by atoms with E-state index in [1.165, 1.54) is 6.08 Å². The minimum atomic E-state index is -1.02. The molecular weight excluding hydrogens is 312 g/mol. The van der Waals surface area contributed by atoms with Crippen molar-refractivity contribution in [1.82, 2.24) is 0 Å². The summed E-state index contributed by atoms with van der Waals surface area (Å²) in [5.74, 6) is -1.42. The number of rotatable bonds is 7. The Morgan fingerprint density at radius 1 is 1.38 bits per heavy atom. The Hall–Kier alpha value is -1.89. The molecule has 1 aliphatic carbocycles. The van der Waals surface area contributed by atoms with Crippen LogP contribution in [0.2, 0.25) is 0 Å². The van der Waals surface area contributed by atoms with Gasteiger partial charge in [-0.1, -0.05) is 24.3 Å². The molecule has 0 spiro atoms. The molecule has 1 aromatic carbocycles. The molecule has 0 radical (unpaired) electrons. The van der Waals surface area contributed by atoms with Crippen LogP contribution in [-0.2, 0) is 4.79 Å². The van der Waals surface area contributed by atoms with E-state index in [4.69, 9.17) is 9.84 Å². The van der Waals surface area contributed by atoms with Gasteiger partial charge in [-0.15, -0.1) is 0 Å². The fourth-order valence-electron chi connectivity index (χ4n) is 3.06. The third-order valence-electron chi connectivity index (χ3n) is 4.29. The zero-order valence-corrected chi connectivity index (χ0v) is 13.6. The van der Waals surface area contributed by atoms with Gasteiger partial charge in [-0.25, -0.2) is 0 Å². The summed E-state index contributed by atoms with van der Waals surface area (Å²) in [6, 6.07) is 7.46. The number of carboxylic acid groups (broad SMARTS) is 1. The van der Waals surface area contributed by atoms with Gasteiger partial charge in [0.05, 0.1) is 18.6 Å². The summed E-state index contributed by atoms with van der Waals surface area (Å²) in [7, 11) is 0.